The van der Waals surface area contributed by atoms with Gasteiger partial charge in [0.1, 0.15) is 5.75 Å². The first-order valence-electron chi connectivity index (χ1n) is 6.98. The van der Waals surface area contributed by atoms with Crippen LogP contribution < -0.4 is 10.1 Å². The number of ether oxygens (including phenoxy) is 1. The van der Waals surface area contributed by atoms with Gasteiger partial charge in [-0.2, -0.15) is 0 Å². The Labute approximate surface area is 132 Å². The number of rotatable bonds is 4. The number of fused-ring (bicyclic) bond motifs is 1. The standard InChI is InChI=1S/C17H16N2O2S/c1-11-8-9-12(2)16-15(11)19-17(22-16)18-14(20)10-21-13-6-4-3-5-7-13/h3-9H,10H2,1-2H3,(H,18,19,20). The van der Waals surface area contributed by atoms with Crippen molar-refractivity contribution < 1.29 is 9.53 Å². The summed E-state index contributed by atoms with van der Waals surface area (Å²) >= 11 is 1.49. The van der Waals surface area contributed by atoms with Gasteiger partial charge in [0.25, 0.3) is 5.91 Å². The lowest BCUT2D eigenvalue weighted by Gasteiger charge is -2.04. The molecule has 1 N–H and O–H groups in total. The summed E-state index contributed by atoms with van der Waals surface area (Å²) in [7, 11) is 0. The molecule has 0 spiro atoms. The Morgan fingerprint density at radius 2 is 1.86 bits per heavy atom. The third kappa shape index (κ3) is 3.09. The van der Waals surface area contributed by atoms with E-state index in [2.05, 4.69) is 16.4 Å². The number of aryl methyl sites for hydroxylation is 2. The monoisotopic (exact) mass is 312 g/mol. The molecular weight excluding hydrogens is 296 g/mol. The van der Waals surface area contributed by atoms with Gasteiger partial charge in [-0.05, 0) is 37.1 Å². The number of hydrogen-bond acceptors (Lipinski definition) is 4. The van der Waals surface area contributed by atoms with Crippen molar-refractivity contribution >= 4 is 32.6 Å². The number of anilines is 1. The van der Waals surface area contributed by atoms with E-state index < -0.39 is 0 Å². The molecule has 1 aromatic heterocycles. The van der Waals surface area contributed by atoms with Gasteiger partial charge in [-0.25, -0.2) is 4.98 Å². The molecule has 1 heterocycles. The second-order valence-corrected chi connectivity index (χ2v) is 6.05. The van der Waals surface area contributed by atoms with Gasteiger partial charge in [0.15, 0.2) is 11.7 Å². The molecule has 0 aliphatic rings. The molecular formula is C17H16N2O2S. The third-order valence-corrected chi connectivity index (χ3v) is 4.41. The van der Waals surface area contributed by atoms with Gasteiger partial charge in [0.2, 0.25) is 0 Å². The van der Waals surface area contributed by atoms with Crippen molar-refractivity contribution in [3.05, 3.63) is 53.6 Å². The summed E-state index contributed by atoms with van der Waals surface area (Å²) in [5, 5.41) is 3.41. The van der Waals surface area contributed by atoms with E-state index in [0.717, 1.165) is 15.8 Å². The van der Waals surface area contributed by atoms with Gasteiger partial charge >= 0.3 is 0 Å². The molecule has 0 bridgehead atoms. The molecule has 4 nitrogen and oxygen atoms in total. The van der Waals surface area contributed by atoms with Crippen molar-refractivity contribution in [1.29, 1.82) is 0 Å². The molecule has 0 unspecified atom stereocenters. The molecule has 3 rings (SSSR count). The molecule has 1 amide bonds. The van der Waals surface area contributed by atoms with E-state index in [1.807, 2.05) is 50.2 Å². The molecule has 3 aromatic rings. The summed E-state index contributed by atoms with van der Waals surface area (Å²) in [6, 6.07) is 13.4. The van der Waals surface area contributed by atoms with Crippen molar-refractivity contribution in [2.45, 2.75) is 13.8 Å². The lowest BCUT2D eigenvalue weighted by molar-refractivity contribution is -0.118. The normalized spacial score (nSPS) is 10.6. The van der Waals surface area contributed by atoms with Crippen LogP contribution >= 0.6 is 11.3 Å². The lowest BCUT2D eigenvalue weighted by atomic mass is 10.1. The van der Waals surface area contributed by atoms with Crippen LogP contribution in [0.2, 0.25) is 0 Å². The minimum Gasteiger partial charge on any atom is -0.484 e. The SMILES string of the molecule is Cc1ccc(C)c2sc(NC(=O)COc3ccccc3)nc12. The molecule has 0 fully saturated rings. The lowest BCUT2D eigenvalue weighted by Crippen LogP contribution is -2.19. The van der Waals surface area contributed by atoms with Gasteiger partial charge in [0.05, 0.1) is 10.2 Å². The van der Waals surface area contributed by atoms with E-state index in [9.17, 15) is 4.79 Å². The molecule has 0 aliphatic carbocycles. The van der Waals surface area contributed by atoms with Crippen molar-refractivity contribution in [3.8, 4) is 5.75 Å². The third-order valence-electron chi connectivity index (χ3n) is 3.30. The molecule has 0 saturated heterocycles. The summed E-state index contributed by atoms with van der Waals surface area (Å²) in [5.41, 5.74) is 3.22. The van der Waals surface area contributed by atoms with Crippen molar-refractivity contribution in [1.82, 2.24) is 4.98 Å². The van der Waals surface area contributed by atoms with Crippen LogP contribution in [0, 0.1) is 13.8 Å². The number of carbonyl (C=O) groups is 1. The van der Waals surface area contributed by atoms with Crippen LogP contribution in [-0.4, -0.2) is 17.5 Å². The molecule has 0 aliphatic heterocycles. The summed E-state index contributed by atoms with van der Waals surface area (Å²) in [4.78, 5) is 16.5. The summed E-state index contributed by atoms with van der Waals surface area (Å²) in [5.74, 6) is 0.465. The number of hydrogen-bond donors (Lipinski definition) is 1. The Kier molecular flexibility index (Phi) is 4.06. The largest absolute Gasteiger partial charge is 0.484 e. The van der Waals surface area contributed by atoms with Crippen LogP contribution in [0.15, 0.2) is 42.5 Å². The molecule has 22 heavy (non-hydrogen) atoms. The number of nitrogens with zero attached hydrogens (tertiary/aromatic N) is 1. The van der Waals surface area contributed by atoms with Crippen molar-refractivity contribution in [2.75, 3.05) is 11.9 Å². The molecule has 5 heteroatoms. The van der Waals surface area contributed by atoms with Gasteiger partial charge in [0, 0.05) is 0 Å². The Hall–Kier alpha value is -2.40. The second-order valence-electron chi connectivity index (χ2n) is 5.05. The zero-order valence-electron chi connectivity index (χ0n) is 12.4. The smallest absolute Gasteiger partial charge is 0.264 e. The highest BCUT2D eigenvalue weighted by Crippen LogP contribution is 2.30. The average molecular weight is 312 g/mol. The van der Waals surface area contributed by atoms with Gasteiger partial charge < -0.3 is 4.74 Å². The summed E-state index contributed by atoms with van der Waals surface area (Å²) in [6.07, 6.45) is 0. The van der Waals surface area contributed by atoms with E-state index in [1.54, 1.807) is 0 Å². The minimum absolute atomic E-state index is 0.0299. The van der Waals surface area contributed by atoms with Gasteiger partial charge in [-0.15, -0.1) is 0 Å². The maximum Gasteiger partial charge on any atom is 0.264 e. The van der Waals surface area contributed by atoms with Gasteiger partial charge in [-0.3, -0.25) is 10.1 Å². The number of amides is 1. The fourth-order valence-corrected chi connectivity index (χ4v) is 3.16. The van der Waals surface area contributed by atoms with Crippen LogP contribution in [-0.2, 0) is 4.79 Å². The van der Waals surface area contributed by atoms with E-state index in [4.69, 9.17) is 4.74 Å². The number of thiazole rings is 1. The maximum atomic E-state index is 12.0. The quantitative estimate of drug-likeness (QED) is 0.794. The minimum atomic E-state index is -0.210. The zero-order chi connectivity index (χ0) is 15.5. The molecule has 2 aromatic carbocycles. The predicted molar refractivity (Wildman–Crippen MR) is 89.7 cm³/mol. The van der Waals surface area contributed by atoms with E-state index in [0.29, 0.717) is 10.9 Å². The fourth-order valence-electron chi connectivity index (χ4n) is 2.13. The van der Waals surface area contributed by atoms with Gasteiger partial charge in [-0.1, -0.05) is 41.7 Å². The molecule has 0 atom stereocenters. The van der Waals surface area contributed by atoms with E-state index in [-0.39, 0.29) is 12.5 Å². The number of aromatic nitrogens is 1. The Balaban J connectivity index is 1.69. The van der Waals surface area contributed by atoms with Crippen LogP contribution in [0.5, 0.6) is 5.75 Å². The summed E-state index contributed by atoms with van der Waals surface area (Å²) in [6.45, 7) is 4.04. The highest BCUT2D eigenvalue weighted by atomic mass is 32.1. The molecule has 0 saturated carbocycles. The van der Waals surface area contributed by atoms with Crippen LogP contribution in [0.4, 0.5) is 5.13 Å². The van der Waals surface area contributed by atoms with Crippen LogP contribution in [0.3, 0.4) is 0 Å². The number of benzene rings is 2. The fraction of sp³-hybridized carbons (Fsp3) is 0.176. The Morgan fingerprint density at radius 3 is 2.59 bits per heavy atom. The first-order valence-corrected chi connectivity index (χ1v) is 7.79. The molecule has 112 valence electrons. The highest BCUT2D eigenvalue weighted by Gasteiger charge is 2.11. The number of nitrogens with one attached hydrogen (secondary N) is 1. The van der Waals surface area contributed by atoms with Crippen LogP contribution in [0.1, 0.15) is 11.1 Å². The topological polar surface area (TPSA) is 51.2 Å². The first-order chi connectivity index (χ1) is 10.6. The van der Waals surface area contributed by atoms with Crippen molar-refractivity contribution in [2.24, 2.45) is 0 Å². The zero-order valence-corrected chi connectivity index (χ0v) is 13.2. The second kappa shape index (κ2) is 6.15. The van der Waals surface area contributed by atoms with Crippen LogP contribution in [0.25, 0.3) is 10.2 Å². The Morgan fingerprint density at radius 1 is 1.14 bits per heavy atom. The Bertz CT molecular complexity index is 773. The molecule has 0 radical (unpaired) electrons. The first kappa shape index (κ1) is 14.5. The van der Waals surface area contributed by atoms with E-state index >= 15 is 0 Å². The highest BCUT2D eigenvalue weighted by molar-refractivity contribution is 7.22. The predicted octanol–water partition coefficient (Wildman–Crippen LogP) is 3.93. The van der Waals surface area contributed by atoms with E-state index in [1.165, 1.54) is 16.9 Å². The average Bonchev–Trinajstić information content (AvgIpc) is 2.95. The summed E-state index contributed by atoms with van der Waals surface area (Å²) < 4.78 is 6.54. The maximum absolute atomic E-state index is 12.0. The van der Waals surface area contributed by atoms with Crippen molar-refractivity contribution in [3.63, 3.8) is 0 Å². The number of carbonyl (C=O) groups excluding carboxylic acids is 1. The number of para-hydroxylation sites is 1.